The van der Waals surface area contributed by atoms with Crippen LogP contribution in [-0.2, 0) is 4.79 Å². The van der Waals surface area contributed by atoms with Gasteiger partial charge in [-0.2, -0.15) is 8.78 Å². The van der Waals surface area contributed by atoms with Gasteiger partial charge in [-0.05, 0) is 48.6 Å². The number of carbonyl (C=O) groups excluding carboxylic acids is 1. The largest absolute Gasteiger partial charge is 0.573 e. The number of benzene rings is 2. The zero-order chi connectivity index (χ0) is 21.2. The van der Waals surface area contributed by atoms with Crippen LogP contribution in [0.1, 0.15) is 5.56 Å². The van der Waals surface area contributed by atoms with Gasteiger partial charge in [0.15, 0.2) is 5.11 Å². The number of carbonyl (C=O) groups is 1. The maximum Gasteiger partial charge on any atom is 0.573 e. The third-order valence-electron chi connectivity index (χ3n) is 3.64. The van der Waals surface area contributed by atoms with Gasteiger partial charge in [0.25, 0.3) is 5.91 Å². The Kier molecular flexibility index (Phi) is 5.69. The summed E-state index contributed by atoms with van der Waals surface area (Å²) >= 11 is 5.11. The summed E-state index contributed by atoms with van der Waals surface area (Å²) in [6.07, 6.45) is -3.56. The van der Waals surface area contributed by atoms with E-state index >= 15 is 0 Å². The average molecular weight is 430 g/mol. The average Bonchev–Trinajstić information content (AvgIpc) is 2.89. The van der Waals surface area contributed by atoms with Crippen LogP contribution in [-0.4, -0.2) is 24.0 Å². The van der Waals surface area contributed by atoms with Gasteiger partial charge in [-0.1, -0.05) is 18.2 Å². The van der Waals surface area contributed by atoms with Gasteiger partial charge >= 0.3 is 13.0 Å². The van der Waals surface area contributed by atoms with Gasteiger partial charge in [-0.25, -0.2) is 0 Å². The van der Waals surface area contributed by atoms with Crippen LogP contribution in [0.15, 0.2) is 54.2 Å². The van der Waals surface area contributed by atoms with Crippen LogP contribution in [0.25, 0.3) is 6.08 Å². The number of halogens is 5. The van der Waals surface area contributed by atoms with Crippen LogP contribution in [0.5, 0.6) is 11.5 Å². The molecule has 152 valence electrons. The fraction of sp³-hybridized carbons (Fsp3) is 0.111. The summed E-state index contributed by atoms with van der Waals surface area (Å²) in [7, 11) is 0. The van der Waals surface area contributed by atoms with E-state index in [1.165, 1.54) is 36.4 Å². The Hall–Kier alpha value is -3.21. The molecule has 0 spiro atoms. The highest BCUT2D eigenvalue weighted by molar-refractivity contribution is 7.80. The summed E-state index contributed by atoms with van der Waals surface area (Å²) < 4.78 is 70.0. The Morgan fingerprint density at radius 2 is 1.72 bits per heavy atom. The van der Waals surface area contributed by atoms with Crippen LogP contribution < -0.4 is 19.7 Å². The van der Waals surface area contributed by atoms with Crippen molar-refractivity contribution in [1.29, 1.82) is 0 Å². The maximum absolute atomic E-state index is 12.7. The third-order valence-corrected chi connectivity index (χ3v) is 3.93. The van der Waals surface area contributed by atoms with Crippen molar-refractivity contribution in [2.24, 2.45) is 0 Å². The minimum Gasteiger partial charge on any atom is -0.434 e. The molecule has 3 rings (SSSR count). The summed E-state index contributed by atoms with van der Waals surface area (Å²) in [5, 5.41) is 2.62. The molecule has 0 aliphatic carbocycles. The lowest BCUT2D eigenvalue weighted by atomic mass is 10.1. The number of anilines is 1. The lowest BCUT2D eigenvalue weighted by Gasteiger charge is -2.15. The monoisotopic (exact) mass is 430 g/mol. The fourth-order valence-electron chi connectivity index (χ4n) is 2.53. The molecule has 11 heteroatoms. The maximum atomic E-state index is 12.7. The molecule has 5 nitrogen and oxygen atoms in total. The molecule has 0 radical (unpaired) electrons. The van der Waals surface area contributed by atoms with Crippen LogP contribution in [0.2, 0.25) is 0 Å². The first-order chi connectivity index (χ1) is 13.6. The number of nitrogens with zero attached hydrogens (tertiary/aromatic N) is 1. The molecular weight excluding hydrogens is 419 g/mol. The summed E-state index contributed by atoms with van der Waals surface area (Å²) in [4.78, 5) is 13.7. The van der Waals surface area contributed by atoms with Crippen molar-refractivity contribution < 1.29 is 36.2 Å². The third kappa shape index (κ3) is 4.99. The number of hydrogen-bond donors (Lipinski definition) is 1. The van der Waals surface area contributed by atoms with E-state index in [2.05, 4.69) is 14.8 Å². The zero-order valence-electron chi connectivity index (χ0n) is 14.2. The number of ether oxygens (including phenoxy) is 2. The van der Waals surface area contributed by atoms with Crippen molar-refractivity contribution in [3.63, 3.8) is 0 Å². The highest BCUT2D eigenvalue weighted by Crippen LogP contribution is 2.29. The molecule has 0 bridgehead atoms. The van der Waals surface area contributed by atoms with Crippen molar-refractivity contribution in [2.45, 2.75) is 13.0 Å². The number of thiocarbonyl (C=S) groups is 1. The smallest absolute Gasteiger partial charge is 0.434 e. The summed E-state index contributed by atoms with van der Waals surface area (Å²) in [5.41, 5.74) is 0.390. The Morgan fingerprint density at radius 1 is 1.07 bits per heavy atom. The summed E-state index contributed by atoms with van der Waals surface area (Å²) in [6.45, 7) is -3.04. The molecule has 0 atom stereocenters. The first-order valence-corrected chi connectivity index (χ1v) is 8.31. The molecule has 0 saturated carbocycles. The molecule has 0 unspecified atom stereocenters. The van der Waals surface area contributed by atoms with Crippen molar-refractivity contribution >= 4 is 35.0 Å². The van der Waals surface area contributed by atoms with Gasteiger partial charge in [0.2, 0.25) is 0 Å². The van der Waals surface area contributed by atoms with Crippen molar-refractivity contribution in [3.05, 3.63) is 59.8 Å². The Balaban J connectivity index is 1.84. The quantitative estimate of drug-likeness (QED) is 0.432. The van der Waals surface area contributed by atoms with Crippen LogP contribution in [0, 0.1) is 0 Å². The normalized spacial score (nSPS) is 15.8. The van der Waals surface area contributed by atoms with E-state index in [9.17, 15) is 26.7 Å². The number of rotatable bonds is 5. The Morgan fingerprint density at radius 3 is 2.34 bits per heavy atom. The van der Waals surface area contributed by atoms with E-state index in [1.54, 1.807) is 6.07 Å². The lowest BCUT2D eigenvalue weighted by molar-refractivity contribution is -0.274. The second-order valence-corrected chi connectivity index (χ2v) is 5.97. The number of para-hydroxylation sites is 1. The molecule has 0 aromatic heterocycles. The van der Waals surface area contributed by atoms with E-state index in [1.807, 2.05) is 0 Å². The number of alkyl halides is 5. The summed E-state index contributed by atoms with van der Waals surface area (Å²) in [6, 6.07) is 10.4. The SMILES string of the molecule is O=C1/C(=C/c2ccccc2OC(F)F)NC(=S)N1c1ccc(OC(F)(F)F)cc1. The standard InChI is InChI=1S/C18H11F5N2O3S/c19-16(20)27-14-4-2-1-3-10(14)9-13-15(26)25(17(29)24-13)11-5-7-12(8-6-11)28-18(21,22)23/h1-9,16H,(H,24,29)/b13-9-. The van der Waals surface area contributed by atoms with Gasteiger partial charge in [0.05, 0.1) is 5.69 Å². The molecule has 1 saturated heterocycles. The van der Waals surface area contributed by atoms with Gasteiger partial charge < -0.3 is 14.8 Å². The van der Waals surface area contributed by atoms with Gasteiger partial charge in [0, 0.05) is 5.56 Å². The molecule has 1 fully saturated rings. The van der Waals surface area contributed by atoms with Crippen LogP contribution >= 0.6 is 12.2 Å². The van der Waals surface area contributed by atoms with E-state index in [4.69, 9.17) is 12.2 Å². The van der Waals surface area contributed by atoms with Gasteiger partial charge in [0.1, 0.15) is 17.2 Å². The van der Waals surface area contributed by atoms with E-state index < -0.39 is 24.6 Å². The van der Waals surface area contributed by atoms with Crippen molar-refractivity contribution in [2.75, 3.05) is 4.90 Å². The highest BCUT2D eigenvalue weighted by atomic mass is 32.1. The number of hydrogen-bond acceptors (Lipinski definition) is 4. The first-order valence-electron chi connectivity index (χ1n) is 7.91. The number of nitrogens with one attached hydrogen (secondary N) is 1. The topological polar surface area (TPSA) is 50.8 Å². The summed E-state index contributed by atoms with van der Waals surface area (Å²) in [5.74, 6) is -1.21. The molecule has 29 heavy (non-hydrogen) atoms. The highest BCUT2D eigenvalue weighted by Gasteiger charge is 2.33. The molecule has 1 heterocycles. The first kappa shape index (κ1) is 20.5. The molecule has 1 amide bonds. The zero-order valence-corrected chi connectivity index (χ0v) is 15.1. The Labute approximate surface area is 166 Å². The molecule has 2 aromatic rings. The van der Waals surface area contributed by atoms with E-state index in [0.717, 1.165) is 17.0 Å². The molecule has 1 aliphatic rings. The van der Waals surface area contributed by atoms with Crippen LogP contribution in [0.3, 0.4) is 0 Å². The Bertz CT molecular complexity index is 961. The lowest BCUT2D eigenvalue weighted by Crippen LogP contribution is -2.30. The van der Waals surface area contributed by atoms with Crippen LogP contribution in [0.4, 0.5) is 27.6 Å². The number of amides is 1. The predicted octanol–water partition coefficient (Wildman–Crippen LogP) is 4.45. The molecule has 1 N–H and O–H groups in total. The molecule has 2 aromatic carbocycles. The molecule has 1 aliphatic heterocycles. The van der Waals surface area contributed by atoms with Crippen molar-refractivity contribution in [1.82, 2.24) is 5.32 Å². The van der Waals surface area contributed by atoms with Gasteiger partial charge in [-0.15, -0.1) is 13.2 Å². The van der Waals surface area contributed by atoms with Gasteiger partial charge in [-0.3, -0.25) is 9.69 Å². The minimum atomic E-state index is -4.84. The predicted molar refractivity (Wildman–Crippen MR) is 97.4 cm³/mol. The van der Waals surface area contributed by atoms with E-state index in [0.29, 0.717) is 0 Å². The second-order valence-electron chi connectivity index (χ2n) is 5.59. The van der Waals surface area contributed by atoms with E-state index in [-0.39, 0.29) is 27.8 Å². The fourth-order valence-corrected chi connectivity index (χ4v) is 2.82. The minimum absolute atomic E-state index is 0.0177. The second kappa shape index (κ2) is 8.03. The molecular formula is C18H11F5N2O3S. The van der Waals surface area contributed by atoms with Crippen molar-refractivity contribution in [3.8, 4) is 11.5 Å².